The number of hydrogen-bond acceptors (Lipinski definition) is 7. The number of pyridine rings is 1. The first-order valence-corrected chi connectivity index (χ1v) is 13.4. The average molecular weight is 552 g/mol. The molecule has 4 rings (SSSR count). The molecule has 0 radical (unpaired) electrons. The first-order valence-electron chi connectivity index (χ1n) is 13.0. The van der Waals surface area contributed by atoms with Crippen molar-refractivity contribution in [3.63, 3.8) is 0 Å². The van der Waals surface area contributed by atoms with Crippen LogP contribution in [0.2, 0.25) is 5.02 Å². The summed E-state index contributed by atoms with van der Waals surface area (Å²) in [6.45, 7) is 11.5. The first kappa shape index (κ1) is 28.2. The summed E-state index contributed by atoms with van der Waals surface area (Å²) in [6.07, 6.45) is 2.75. The van der Waals surface area contributed by atoms with Crippen LogP contribution in [0, 0.1) is 11.3 Å². The summed E-state index contributed by atoms with van der Waals surface area (Å²) in [5.74, 6) is -0.671. The van der Waals surface area contributed by atoms with Crippen molar-refractivity contribution in [2.24, 2.45) is 0 Å². The van der Waals surface area contributed by atoms with Gasteiger partial charge in [-0.1, -0.05) is 23.7 Å². The lowest BCUT2D eigenvalue weighted by atomic mass is 9.96. The number of halogens is 1. The summed E-state index contributed by atoms with van der Waals surface area (Å²) >= 11 is 6.14. The average Bonchev–Trinajstić information content (AvgIpc) is 3.37. The second-order valence-electron chi connectivity index (χ2n) is 10.9. The standard InChI is InChI=1S/C28H34ClN7O3/c1-18(2)36(27(38)39-28(3,4)5)17-23(19-6-8-21(29)9-7-19)26(37)35-12-10-34(11-13-35)24-20(14-30)15-31-25-22(24)16-32-33-25/h6-9,15-16,18,23H,10-13,17H2,1-5H3,(H,31,32,33)/t23-/m1/s1. The fourth-order valence-corrected chi connectivity index (χ4v) is 4.84. The number of hydrogen-bond donors (Lipinski definition) is 1. The fraction of sp³-hybridized carbons (Fsp3) is 0.464. The van der Waals surface area contributed by atoms with Crippen LogP contribution in [0.3, 0.4) is 0 Å². The van der Waals surface area contributed by atoms with Crippen molar-refractivity contribution in [3.8, 4) is 6.07 Å². The van der Waals surface area contributed by atoms with E-state index in [0.717, 1.165) is 16.6 Å². The van der Waals surface area contributed by atoms with Crippen LogP contribution in [0.4, 0.5) is 10.5 Å². The highest BCUT2D eigenvalue weighted by atomic mass is 35.5. The molecule has 1 saturated heterocycles. The number of piperazine rings is 1. The second kappa shape index (κ2) is 11.5. The predicted molar refractivity (Wildman–Crippen MR) is 150 cm³/mol. The van der Waals surface area contributed by atoms with E-state index in [1.165, 1.54) is 0 Å². The van der Waals surface area contributed by atoms with Crippen LogP contribution < -0.4 is 4.90 Å². The SMILES string of the molecule is CC(C)N(C[C@@H](C(=O)N1CCN(c2c(C#N)cnc3[nH]ncc23)CC1)c1ccc(Cl)cc1)C(=O)OC(C)(C)C. The third-order valence-electron chi connectivity index (χ3n) is 6.68. The van der Waals surface area contributed by atoms with Crippen molar-refractivity contribution in [3.05, 3.63) is 52.8 Å². The highest BCUT2D eigenvalue weighted by Gasteiger charge is 2.34. The molecule has 1 aliphatic heterocycles. The molecule has 39 heavy (non-hydrogen) atoms. The second-order valence-corrected chi connectivity index (χ2v) is 11.3. The molecular weight excluding hydrogens is 518 g/mol. The maximum Gasteiger partial charge on any atom is 0.410 e. The van der Waals surface area contributed by atoms with Gasteiger partial charge in [0, 0.05) is 50.0 Å². The van der Waals surface area contributed by atoms with Gasteiger partial charge in [-0.2, -0.15) is 10.4 Å². The van der Waals surface area contributed by atoms with Crippen LogP contribution >= 0.6 is 11.6 Å². The van der Waals surface area contributed by atoms with E-state index in [1.54, 1.807) is 29.4 Å². The molecule has 3 heterocycles. The lowest BCUT2D eigenvalue weighted by Crippen LogP contribution is -2.52. The minimum atomic E-state index is -0.657. The fourth-order valence-electron chi connectivity index (χ4n) is 4.71. The summed E-state index contributed by atoms with van der Waals surface area (Å²) in [7, 11) is 0. The molecular formula is C28H34ClN7O3. The van der Waals surface area contributed by atoms with Crippen LogP contribution in [0.1, 0.15) is 51.7 Å². The number of ether oxygens (including phenoxy) is 1. The molecule has 1 N–H and O–H groups in total. The number of amides is 2. The first-order chi connectivity index (χ1) is 18.5. The van der Waals surface area contributed by atoms with Crippen molar-refractivity contribution < 1.29 is 14.3 Å². The van der Waals surface area contributed by atoms with E-state index in [1.807, 2.05) is 51.7 Å². The Morgan fingerprint density at radius 1 is 1.15 bits per heavy atom. The number of benzene rings is 1. The number of carbonyl (C=O) groups is 2. The van der Waals surface area contributed by atoms with Crippen LogP contribution in [0.15, 0.2) is 36.7 Å². The van der Waals surface area contributed by atoms with E-state index in [9.17, 15) is 14.9 Å². The number of carbonyl (C=O) groups excluding carboxylic acids is 2. The van der Waals surface area contributed by atoms with Gasteiger partial charge in [-0.05, 0) is 52.3 Å². The quantitative estimate of drug-likeness (QED) is 0.477. The van der Waals surface area contributed by atoms with Crippen molar-refractivity contribution in [1.82, 2.24) is 25.0 Å². The van der Waals surface area contributed by atoms with E-state index >= 15 is 0 Å². The number of H-pyrrole nitrogens is 1. The zero-order valence-electron chi connectivity index (χ0n) is 22.9. The van der Waals surface area contributed by atoms with Crippen molar-refractivity contribution in [1.29, 1.82) is 5.26 Å². The Hall–Kier alpha value is -3.84. The smallest absolute Gasteiger partial charge is 0.410 e. The summed E-state index contributed by atoms with van der Waals surface area (Å²) in [5, 5.41) is 18.0. The summed E-state index contributed by atoms with van der Waals surface area (Å²) in [6, 6.07) is 9.23. The van der Waals surface area contributed by atoms with Gasteiger partial charge < -0.3 is 19.4 Å². The number of nitriles is 1. The van der Waals surface area contributed by atoms with E-state index in [4.69, 9.17) is 16.3 Å². The number of aromatic nitrogens is 3. The summed E-state index contributed by atoms with van der Waals surface area (Å²) < 4.78 is 5.65. The summed E-state index contributed by atoms with van der Waals surface area (Å²) in [5.41, 5.74) is 1.97. The molecule has 1 aromatic carbocycles. The van der Waals surface area contributed by atoms with E-state index in [-0.39, 0.29) is 18.5 Å². The Morgan fingerprint density at radius 3 is 2.41 bits per heavy atom. The van der Waals surface area contributed by atoms with Gasteiger partial charge >= 0.3 is 6.09 Å². The molecule has 2 aromatic heterocycles. The molecule has 1 atom stereocenters. The number of nitrogens with one attached hydrogen (secondary N) is 1. The van der Waals surface area contributed by atoms with Crippen LogP contribution in [-0.4, -0.2) is 81.3 Å². The Balaban J connectivity index is 1.56. The Labute approximate surface area is 233 Å². The van der Waals surface area contributed by atoms with E-state index in [2.05, 4.69) is 26.2 Å². The Bertz CT molecular complexity index is 1370. The van der Waals surface area contributed by atoms with E-state index < -0.39 is 17.6 Å². The van der Waals surface area contributed by atoms with Gasteiger partial charge in [0.05, 0.1) is 28.8 Å². The minimum absolute atomic E-state index is 0.0742. The number of anilines is 1. The molecule has 0 saturated carbocycles. The highest BCUT2D eigenvalue weighted by molar-refractivity contribution is 6.30. The number of fused-ring (bicyclic) bond motifs is 1. The monoisotopic (exact) mass is 551 g/mol. The van der Waals surface area contributed by atoms with Gasteiger partial charge in [0.1, 0.15) is 11.7 Å². The molecule has 1 fully saturated rings. The molecule has 0 aliphatic carbocycles. The zero-order valence-corrected chi connectivity index (χ0v) is 23.7. The molecule has 2 amide bonds. The Kier molecular flexibility index (Phi) is 8.31. The lowest BCUT2D eigenvalue weighted by molar-refractivity contribution is -0.133. The molecule has 1 aliphatic rings. The molecule has 10 nitrogen and oxygen atoms in total. The topological polar surface area (TPSA) is 118 Å². The minimum Gasteiger partial charge on any atom is -0.444 e. The molecule has 0 spiro atoms. The maximum atomic E-state index is 14.0. The van der Waals surface area contributed by atoms with Crippen LogP contribution in [0.5, 0.6) is 0 Å². The van der Waals surface area contributed by atoms with Gasteiger partial charge in [-0.3, -0.25) is 9.89 Å². The van der Waals surface area contributed by atoms with Gasteiger partial charge in [0.25, 0.3) is 0 Å². The van der Waals surface area contributed by atoms with Crippen molar-refractivity contribution in [2.75, 3.05) is 37.6 Å². The predicted octanol–water partition coefficient (Wildman–Crippen LogP) is 4.56. The number of aromatic amines is 1. The van der Waals surface area contributed by atoms with Crippen molar-refractivity contribution in [2.45, 2.75) is 52.2 Å². The summed E-state index contributed by atoms with van der Waals surface area (Å²) in [4.78, 5) is 36.9. The molecule has 11 heteroatoms. The third-order valence-corrected chi connectivity index (χ3v) is 6.93. The van der Waals surface area contributed by atoms with Crippen molar-refractivity contribution >= 4 is 40.3 Å². The zero-order chi connectivity index (χ0) is 28.3. The highest BCUT2D eigenvalue weighted by Crippen LogP contribution is 2.30. The lowest BCUT2D eigenvalue weighted by Gasteiger charge is -2.39. The van der Waals surface area contributed by atoms with Gasteiger partial charge in [0.2, 0.25) is 5.91 Å². The Morgan fingerprint density at radius 2 is 1.82 bits per heavy atom. The number of rotatable bonds is 6. The third kappa shape index (κ3) is 6.42. The van der Waals surface area contributed by atoms with Crippen LogP contribution in [0.25, 0.3) is 11.0 Å². The normalized spacial score (nSPS) is 14.8. The number of nitrogens with zero attached hydrogens (tertiary/aromatic N) is 6. The molecule has 0 unspecified atom stereocenters. The van der Waals surface area contributed by atoms with Crippen LogP contribution in [-0.2, 0) is 9.53 Å². The van der Waals surface area contributed by atoms with Gasteiger partial charge in [-0.15, -0.1) is 0 Å². The van der Waals surface area contributed by atoms with Gasteiger partial charge in [-0.25, -0.2) is 9.78 Å². The molecule has 206 valence electrons. The maximum absolute atomic E-state index is 14.0. The molecule has 0 bridgehead atoms. The van der Waals surface area contributed by atoms with Gasteiger partial charge in [0.15, 0.2) is 5.65 Å². The molecule has 3 aromatic rings. The van der Waals surface area contributed by atoms with E-state index in [0.29, 0.717) is 42.4 Å². The largest absolute Gasteiger partial charge is 0.444 e.